The van der Waals surface area contributed by atoms with E-state index >= 15 is 0 Å². The maximum absolute atomic E-state index is 13.7. The highest BCUT2D eigenvalue weighted by Gasteiger charge is 2.50. The number of nitrogens with one attached hydrogen (secondary N) is 1. The van der Waals surface area contributed by atoms with E-state index in [4.69, 9.17) is 19.6 Å². The first-order valence-corrected chi connectivity index (χ1v) is 12.8. The molecule has 2 atom stereocenters. The fraction of sp³-hybridized carbons (Fsp3) is 0.448. The Morgan fingerprint density at radius 1 is 1.14 bits per heavy atom. The summed E-state index contributed by atoms with van der Waals surface area (Å²) in [6.45, 7) is 2.42. The van der Waals surface area contributed by atoms with Gasteiger partial charge in [-0.05, 0) is 62.4 Å². The van der Waals surface area contributed by atoms with Crippen molar-refractivity contribution in [3.63, 3.8) is 0 Å². The van der Waals surface area contributed by atoms with Crippen molar-refractivity contribution in [3.05, 3.63) is 71.8 Å². The Labute approximate surface area is 212 Å². The van der Waals surface area contributed by atoms with E-state index in [1.54, 1.807) is 0 Å². The largest absolute Gasteiger partial charge is 0.494 e. The van der Waals surface area contributed by atoms with Crippen LogP contribution in [-0.2, 0) is 9.53 Å². The maximum Gasteiger partial charge on any atom is 0.252 e. The van der Waals surface area contributed by atoms with Crippen molar-refractivity contribution in [2.75, 3.05) is 13.2 Å². The van der Waals surface area contributed by atoms with Crippen LogP contribution in [0.25, 0.3) is 6.08 Å². The normalized spacial score (nSPS) is 25.9. The average molecular weight is 493 g/mol. The number of carbonyl (C=O) groups is 1. The highest BCUT2D eigenvalue weighted by Crippen LogP contribution is 2.34. The highest BCUT2D eigenvalue weighted by molar-refractivity contribution is 6.01. The summed E-state index contributed by atoms with van der Waals surface area (Å²) in [5, 5.41) is 22.0. The van der Waals surface area contributed by atoms with Crippen molar-refractivity contribution < 1.29 is 24.5 Å². The summed E-state index contributed by atoms with van der Waals surface area (Å²) in [5.41, 5.74) is 0.744. The molecule has 1 saturated carbocycles. The van der Waals surface area contributed by atoms with Crippen molar-refractivity contribution in [2.45, 2.75) is 69.2 Å². The number of aliphatic hydroxyl groups excluding tert-OH is 2. The molecular weight excluding hydrogens is 456 g/mol. The van der Waals surface area contributed by atoms with Gasteiger partial charge in [-0.1, -0.05) is 42.5 Å². The van der Waals surface area contributed by atoms with Gasteiger partial charge in [0.25, 0.3) is 5.91 Å². The molecule has 0 radical (unpaired) electrons. The summed E-state index contributed by atoms with van der Waals surface area (Å²) in [6, 6.07) is 17.4. The summed E-state index contributed by atoms with van der Waals surface area (Å²) in [6.07, 6.45) is 7.13. The minimum absolute atomic E-state index is 0.0256. The highest BCUT2D eigenvalue weighted by atomic mass is 16.5. The summed E-state index contributed by atoms with van der Waals surface area (Å²) < 4.78 is 11.8. The second-order valence-corrected chi connectivity index (χ2v) is 9.55. The molecule has 2 aromatic rings. The topological polar surface area (TPSA) is 100 Å². The number of hydrogen-bond donors (Lipinski definition) is 3. The van der Waals surface area contributed by atoms with Gasteiger partial charge in [-0.25, -0.2) is 4.99 Å². The van der Waals surface area contributed by atoms with Crippen LogP contribution in [0.1, 0.15) is 56.6 Å². The first kappa shape index (κ1) is 25.9. The molecule has 36 heavy (non-hydrogen) atoms. The van der Waals surface area contributed by atoms with E-state index in [1.807, 2.05) is 73.7 Å². The molecule has 0 unspecified atom stereocenters. The number of aliphatic imine (C=N–C) groups is 1. The molecule has 0 spiro atoms. The minimum atomic E-state index is -1.09. The molecule has 7 nitrogen and oxygen atoms in total. The minimum Gasteiger partial charge on any atom is -0.494 e. The number of nitrogens with zero attached hydrogens (tertiary/aromatic N) is 1. The van der Waals surface area contributed by atoms with E-state index in [0.29, 0.717) is 43.9 Å². The Morgan fingerprint density at radius 2 is 1.86 bits per heavy atom. The fourth-order valence-electron chi connectivity index (χ4n) is 4.65. The molecule has 1 aliphatic carbocycles. The SMILES string of the molecule is C[C@H]1OC(c2ccc(OCCCO)cc2)=N[C@@]1(C/C=C/c1ccccc1)C(=O)NC1CCC(O)CC1. The summed E-state index contributed by atoms with van der Waals surface area (Å²) in [5.74, 6) is 0.993. The van der Waals surface area contributed by atoms with Gasteiger partial charge in [-0.15, -0.1) is 0 Å². The number of carbonyl (C=O) groups excluding carboxylic acids is 1. The molecule has 1 aliphatic heterocycles. The molecule has 2 aliphatic rings. The Bertz CT molecular complexity index is 1050. The zero-order valence-electron chi connectivity index (χ0n) is 20.8. The number of aliphatic hydroxyl groups is 2. The van der Waals surface area contributed by atoms with Crippen LogP contribution in [0.2, 0.25) is 0 Å². The van der Waals surface area contributed by atoms with E-state index in [-0.39, 0.29) is 24.7 Å². The Kier molecular flexibility index (Phi) is 8.78. The van der Waals surface area contributed by atoms with E-state index in [2.05, 4.69) is 5.32 Å². The third kappa shape index (κ3) is 6.33. The zero-order chi connectivity index (χ0) is 25.4. The third-order valence-electron chi connectivity index (χ3n) is 6.90. The number of amides is 1. The van der Waals surface area contributed by atoms with Gasteiger partial charge in [0.05, 0.1) is 12.7 Å². The average Bonchev–Trinajstić information content (AvgIpc) is 3.24. The molecule has 1 fully saturated rings. The predicted octanol–water partition coefficient (Wildman–Crippen LogP) is 3.88. The molecule has 1 heterocycles. The Balaban J connectivity index is 1.55. The van der Waals surface area contributed by atoms with Crippen LogP contribution < -0.4 is 10.1 Å². The van der Waals surface area contributed by atoms with Gasteiger partial charge in [0.15, 0.2) is 5.54 Å². The Hall–Kier alpha value is -3.16. The van der Waals surface area contributed by atoms with Gasteiger partial charge in [-0.3, -0.25) is 4.79 Å². The van der Waals surface area contributed by atoms with Gasteiger partial charge < -0.3 is 25.0 Å². The molecule has 2 aromatic carbocycles. The zero-order valence-corrected chi connectivity index (χ0v) is 20.8. The fourth-order valence-corrected chi connectivity index (χ4v) is 4.65. The van der Waals surface area contributed by atoms with Crippen molar-refractivity contribution >= 4 is 17.9 Å². The summed E-state index contributed by atoms with van der Waals surface area (Å²) in [4.78, 5) is 18.6. The molecule has 1 amide bonds. The Morgan fingerprint density at radius 3 is 2.56 bits per heavy atom. The third-order valence-corrected chi connectivity index (χ3v) is 6.90. The van der Waals surface area contributed by atoms with Gasteiger partial charge in [0.1, 0.15) is 11.9 Å². The summed E-state index contributed by atoms with van der Waals surface area (Å²) in [7, 11) is 0. The van der Waals surface area contributed by atoms with Gasteiger partial charge in [-0.2, -0.15) is 0 Å². The number of hydrogen-bond acceptors (Lipinski definition) is 6. The van der Waals surface area contributed by atoms with E-state index in [9.17, 15) is 9.90 Å². The summed E-state index contributed by atoms with van der Waals surface area (Å²) >= 11 is 0. The quantitative estimate of drug-likeness (QED) is 0.437. The lowest BCUT2D eigenvalue weighted by Crippen LogP contribution is -2.54. The standard InChI is InChI=1S/C29H36N2O5/c1-21-29(18-5-9-22-7-3-2-4-8-22,28(34)30-24-12-14-25(33)15-13-24)31-27(36-21)23-10-16-26(17-11-23)35-20-6-19-32/h2-5,7-11,16-17,21,24-25,32-33H,6,12-15,18-20H2,1H3,(H,30,34)/b9-5+/t21-,24?,25?,29-/m1/s1. The molecule has 0 bridgehead atoms. The number of ether oxygens (including phenoxy) is 2. The molecule has 192 valence electrons. The van der Waals surface area contributed by atoms with Crippen LogP contribution >= 0.6 is 0 Å². The lowest BCUT2D eigenvalue weighted by Gasteiger charge is -2.32. The second kappa shape index (κ2) is 12.2. The first-order valence-electron chi connectivity index (χ1n) is 12.8. The van der Waals surface area contributed by atoms with Gasteiger partial charge in [0.2, 0.25) is 5.90 Å². The monoisotopic (exact) mass is 492 g/mol. The van der Waals surface area contributed by atoms with E-state index in [1.165, 1.54) is 0 Å². The van der Waals surface area contributed by atoms with Crippen LogP contribution in [0.5, 0.6) is 5.75 Å². The molecular formula is C29H36N2O5. The number of benzene rings is 2. The lowest BCUT2D eigenvalue weighted by atomic mass is 9.87. The molecule has 7 heteroatoms. The van der Waals surface area contributed by atoms with Crippen molar-refractivity contribution in [3.8, 4) is 5.75 Å². The molecule has 4 rings (SSSR count). The van der Waals surface area contributed by atoms with E-state index in [0.717, 1.165) is 24.0 Å². The smallest absolute Gasteiger partial charge is 0.252 e. The first-order chi connectivity index (χ1) is 17.5. The lowest BCUT2D eigenvalue weighted by molar-refractivity contribution is -0.129. The van der Waals surface area contributed by atoms with Crippen LogP contribution in [0, 0.1) is 0 Å². The molecule has 0 saturated heterocycles. The van der Waals surface area contributed by atoms with Crippen LogP contribution in [-0.4, -0.2) is 59.0 Å². The van der Waals surface area contributed by atoms with Gasteiger partial charge in [0, 0.05) is 31.1 Å². The van der Waals surface area contributed by atoms with Crippen LogP contribution in [0.3, 0.4) is 0 Å². The van der Waals surface area contributed by atoms with Gasteiger partial charge >= 0.3 is 0 Å². The van der Waals surface area contributed by atoms with E-state index < -0.39 is 11.6 Å². The number of rotatable bonds is 10. The molecule has 3 N–H and O–H groups in total. The van der Waals surface area contributed by atoms with Crippen molar-refractivity contribution in [2.24, 2.45) is 4.99 Å². The van der Waals surface area contributed by atoms with Crippen molar-refractivity contribution in [1.82, 2.24) is 5.32 Å². The van der Waals surface area contributed by atoms with Crippen LogP contribution in [0.15, 0.2) is 65.7 Å². The van der Waals surface area contributed by atoms with Crippen LogP contribution in [0.4, 0.5) is 0 Å². The maximum atomic E-state index is 13.7. The van der Waals surface area contributed by atoms with Crippen molar-refractivity contribution in [1.29, 1.82) is 0 Å². The predicted molar refractivity (Wildman–Crippen MR) is 140 cm³/mol. The second-order valence-electron chi connectivity index (χ2n) is 9.55. The molecule has 0 aromatic heterocycles.